The van der Waals surface area contributed by atoms with Gasteiger partial charge in [0.1, 0.15) is 19.0 Å². The number of esters is 1. The molecule has 1 unspecified atom stereocenters. The molecule has 1 atom stereocenters. The van der Waals surface area contributed by atoms with Gasteiger partial charge in [-0.15, -0.1) is 0 Å². The molecule has 0 bridgehead atoms. The summed E-state index contributed by atoms with van der Waals surface area (Å²) < 4.78 is 25.1. The first-order chi connectivity index (χ1) is 17.0. The Bertz CT molecular complexity index is 1370. The summed E-state index contributed by atoms with van der Waals surface area (Å²) in [5, 5.41) is 9.54. The number of aryl methyl sites for hydroxylation is 1. The summed E-state index contributed by atoms with van der Waals surface area (Å²) in [6, 6.07) is 22.5. The number of aromatic carboxylic acids is 1. The number of ether oxygens (including phenoxy) is 1. The molecule has 5 rings (SSSR count). The van der Waals surface area contributed by atoms with Crippen molar-refractivity contribution in [2.45, 2.75) is 25.2 Å². The van der Waals surface area contributed by atoms with Crippen LogP contribution >= 0.6 is 0 Å². The third kappa shape index (κ3) is 4.49. The van der Waals surface area contributed by atoms with Crippen LogP contribution in [0.4, 0.5) is 4.39 Å². The van der Waals surface area contributed by atoms with Gasteiger partial charge in [0.25, 0.3) is 0 Å². The summed E-state index contributed by atoms with van der Waals surface area (Å²) in [6.45, 7) is -1.04. The van der Waals surface area contributed by atoms with E-state index in [9.17, 15) is 19.1 Å². The van der Waals surface area contributed by atoms with Crippen LogP contribution in [0.5, 0.6) is 0 Å². The molecule has 0 saturated carbocycles. The fraction of sp³-hybridized carbons (Fsp3) is 0.214. The van der Waals surface area contributed by atoms with Gasteiger partial charge in [0.15, 0.2) is 0 Å². The second kappa shape index (κ2) is 9.62. The molecule has 0 spiro atoms. The van der Waals surface area contributed by atoms with Crippen LogP contribution in [-0.2, 0) is 17.6 Å². The molecule has 0 radical (unpaired) electrons. The Morgan fingerprint density at radius 1 is 1.06 bits per heavy atom. The molecule has 2 aromatic carbocycles. The Balaban J connectivity index is 1.54. The predicted octanol–water partition coefficient (Wildman–Crippen LogP) is 5.83. The lowest BCUT2D eigenvalue weighted by molar-refractivity contribution is 0.0442. The summed E-state index contributed by atoms with van der Waals surface area (Å²) >= 11 is 0. The van der Waals surface area contributed by atoms with E-state index in [4.69, 9.17) is 9.15 Å². The normalized spacial score (nSPS) is 14.9. The number of carbonyl (C=O) groups is 2. The molecule has 1 aliphatic rings. The number of carboxylic acid groups (broad SMARTS) is 1. The fourth-order valence-corrected chi connectivity index (χ4v) is 4.73. The summed E-state index contributed by atoms with van der Waals surface area (Å²) in [7, 11) is 0. The lowest BCUT2D eigenvalue weighted by Crippen LogP contribution is -2.15. The largest absolute Gasteiger partial charge is 0.478 e. The van der Waals surface area contributed by atoms with E-state index in [-0.39, 0.29) is 23.8 Å². The van der Waals surface area contributed by atoms with Crippen molar-refractivity contribution in [1.82, 2.24) is 4.57 Å². The molecular weight excluding hydrogens is 449 g/mol. The number of halogens is 1. The van der Waals surface area contributed by atoms with Crippen molar-refractivity contribution in [3.63, 3.8) is 0 Å². The van der Waals surface area contributed by atoms with E-state index in [1.807, 2.05) is 36.4 Å². The average Bonchev–Trinajstić information content (AvgIpc) is 3.53. The summed E-state index contributed by atoms with van der Waals surface area (Å²) in [5.74, 6) is -0.879. The monoisotopic (exact) mass is 473 g/mol. The molecule has 1 aliphatic carbocycles. The van der Waals surface area contributed by atoms with Gasteiger partial charge >= 0.3 is 11.9 Å². The third-order valence-corrected chi connectivity index (χ3v) is 6.36. The van der Waals surface area contributed by atoms with Crippen molar-refractivity contribution in [2.24, 2.45) is 0 Å². The minimum absolute atomic E-state index is 0.0326. The summed E-state index contributed by atoms with van der Waals surface area (Å²) in [4.78, 5) is 23.7. The van der Waals surface area contributed by atoms with Crippen LogP contribution in [0.1, 0.15) is 50.3 Å². The van der Waals surface area contributed by atoms with Crippen LogP contribution in [-0.4, -0.2) is 34.9 Å². The van der Waals surface area contributed by atoms with Gasteiger partial charge in [-0.05, 0) is 66.8 Å². The number of aromatic nitrogens is 1. The maximum Gasteiger partial charge on any atom is 0.374 e. The standard InChI is InChI=1S/C28H24FNO5/c29-13-14-34-28(33)26-12-11-25(35-26)20-10-9-19-16-23(18-5-2-1-3-6-18)30(24(19)17-20)22-8-4-7-21(15-22)27(31)32/h1-8,11-12,15-16,20H,9-10,13-14,17H2,(H,31,32). The van der Waals surface area contributed by atoms with Crippen LogP contribution in [0.3, 0.4) is 0 Å². The highest BCUT2D eigenvalue weighted by Crippen LogP contribution is 2.39. The Hall–Kier alpha value is -4.13. The molecule has 4 aromatic rings. The van der Waals surface area contributed by atoms with Crippen molar-refractivity contribution in [1.29, 1.82) is 0 Å². The lowest BCUT2D eigenvalue weighted by Gasteiger charge is -2.23. The Morgan fingerprint density at radius 3 is 2.66 bits per heavy atom. The molecule has 178 valence electrons. The van der Waals surface area contributed by atoms with Crippen LogP contribution in [0, 0.1) is 0 Å². The fourth-order valence-electron chi connectivity index (χ4n) is 4.73. The smallest absolute Gasteiger partial charge is 0.374 e. The minimum atomic E-state index is -0.977. The van der Waals surface area contributed by atoms with Gasteiger partial charge < -0.3 is 18.8 Å². The number of furan rings is 1. The molecule has 7 heteroatoms. The predicted molar refractivity (Wildman–Crippen MR) is 128 cm³/mol. The van der Waals surface area contributed by atoms with Crippen molar-refractivity contribution in [3.05, 3.63) is 101 Å². The zero-order chi connectivity index (χ0) is 24.4. The van der Waals surface area contributed by atoms with E-state index >= 15 is 0 Å². The van der Waals surface area contributed by atoms with Crippen molar-refractivity contribution < 1.29 is 28.2 Å². The molecule has 0 saturated heterocycles. The van der Waals surface area contributed by atoms with Crippen molar-refractivity contribution >= 4 is 11.9 Å². The summed E-state index contributed by atoms with van der Waals surface area (Å²) in [6.07, 6.45) is 2.31. The van der Waals surface area contributed by atoms with Crippen molar-refractivity contribution in [3.8, 4) is 16.9 Å². The first kappa shape index (κ1) is 22.7. The van der Waals surface area contributed by atoms with E-state index in [2.05, 4.69) is 10.6 Å². The van der Waals surface area contributed by atoms with Gasteiger partial charge in [0, 0.05) is 17.3 Å². The van der Waals surface area contributed by atoms with Gasteiger partial charge in [-0.3, -0.25) is 0 Å². The third-order valence-electron chi connectivity index (χ3n) is 6.36. The SMILES string of the molecule is O=C(O)c1cccc(-n2c(-c3ccccc3)cc3c2CC(c2ccc(C(=O)OCCF)o2)CC3)c1. The van der Waals surface area contributed by atoms with E-state index in [0.717, 1.165) is 35.5 Å². The molecular formula is C28H24FNO5. The van der Waals surface area contributed by atoms with Crippen molar-refractivity contribution in [2.75, 3.05) is 13.3 Å². The zero-order valence-electron chi connectivity index (χ0n) is 18.9. The Labute approximate surface area is 201 Å². The second-order valence-corrected chi connectivity index (χ2v) is 8.53. The van der Waals surface area contributed by atoms with Crippen LogP contribution < -0.4 is 0 Å². The maximum atomic E-state index is 12.3. The van der Waals surface area contributed by atoms with Crippen LogP contribution in [0.25, 0.3) is 16.9 Å². The number of rotatable bonds is 7. The van der Waals surface area contributed by atoms with E-state index in [1.165, 1.54) is 5.56 Å². The van der Waals surface area contributed by atoms with Crippen LogP contribution in [0.15, 0.2) is 77.2 Å². The second-order valence-electron chi connectivity index (χ2n) is 8.53. The van der Waals surface area contributed by atoms with Gasteiger partial charge in [0.2, 0.25) is 5.76 Å². The average molecular weight is 474 g/mol. The lowest BCUT2D eigenvalue weighted by atomic mass is 9.86. The van der Waals surface area contributed by atoms with Gasteiger partial charge in [-0.25, -0.2) is 14.0 Å². The summed E-state index contributed by atoms with van der Waals surface area (Å²) in [5.41, 5.74) is 5.32. The molecule has 0 aliphatic heterocycles. The number of carboxylic acids is 1. The molecule has 2 heterocycles. The molecule has 0 amide bonds. The Morgan fingerprint density at radius 2 is 1.89 bits per heavy atom. The van der Waals surface area contributed by atoms with Gasteiger partial charge in [-0.1, -0.05) is 36.4 Å². The zero-order valence-corrected chi connectivity index (χ0v) is 18.9. The number of hydrogen-bond donors (Lipinski definition) is 1. The number of alkyl halides is 1. The molecule has 0 fully saturated rings. The minimum Gasteiger partial charge on any atom is -0.478 e. The quantitative estimate of drug-likeness (QED) is 0.341. The van der Waals surface area contributed by atoms with Gasteiger partial charge in [0.05, 0.1) is 11.3 Å². The molecule has 35 heavy (non-hydrogen) atoms. The maximum absolute atomic E-state index is 12.3. The molecule has 1 N–H and O–H groups in total. The number of nitrogens with zero attached hydrogens (tertiary/aromatic N) is 1. The number of carbonyl (C=O) groups excluding carboxylic acids is 1. The molecule has 2 aromatic heterocycles. The topological polar surface area (TPSA) is 81.7 Å². The highest BCUT2D eigenvalue weighted by atomic mass is 19.1. The first-order valence-electron chi connectivity index (χ1n) is 11.5. The van der Waals surface area contributed by atoms with Crippen LogP contribution in [0.2, 0.25) is 0 Å². The highest BCUT2D eigenvalue weighted by molar-refractivity contribution is 5.88. The van der Waals surface area contributed by atoms with E-state index in [0.29, 0.717) is 12.2 Å². The number of benzene rings is 2. The highest BCUT2D eigenvalue weighted by Gasteiger charge is 2.29. The van der Waals surface area contributed by atoms with E-state index in [1.54, 1.807) is 30.3 Å². The molecule has 6 nitrogen and oxygen atoms in total. The number of hydrogen-bond acceptors (Lipinski definition) is 4. The number of fused-ring (bicyclic) bond motifs is 1. The first-order valence-corrected chi connectivity index (χ1v) is 11.5. The van der Waals surface area contributed by atoms with Gasteiger partial charge in [-0.2, -0.15) is 0 Å². The van der Waals surface area contributed by atoms with E-state index < -0.39 is 18.6 Å². The Kier molecular flexibility index (Phi) is 6.23.